The minimum absolute atomic E-state index is 0.205. The van der Waals surface area contributed by atoms with Crippen LogP contribution in [0.3, 0.4) is 0 Å². The van der Waals surface area contributed by atoms with Gasteiger partial charge >= 0.3 is 5.97 Å². The zero-order valence-electron chi connectivity index (χ0n) is 9.97. The lowest BCUT2D eigenvalue weighted by atomic mass is 9.97. The van der Waals surface area contributed by atoms with Crippen LogP contribution in [-0.4, -0.2) is 32.4 Å². The van der Waals surface area contributed by atoms with Gasteiger partial charge in [0.05, 0.1) is 15.8 Å². The summed E-state index contributed by atoms with van der Waals surface area (Å²) in [6.45, 7) is 0. The number of aliphatic carboxylic acids is 1. The number of rotatable bonds is 4. The second-order valence-corrected chi connectivity index (χ2v) is 6.59. The molecule has 0 aromatic carbocycles. The highest BCUT2D eigenvalue weighted by atomic mass is 127. The van der Waals surface area contributed by atoms with Crippen molar-refractivity contribution in [3.63, 3.8) is 0 Å². The van der Waals surface area contributed by atoms with Crippen molar-refractivity contribution in [2.75, 3.05) is 0 Å². The highest BCUT2D eigenvalue weighted by Gasteiger charge is 2.48. The van der Waals surface area contributed by atoms with Crippen LogP contribution >= 0.6 is 22.6 Å². The molecular formula is C12H16IN3O2. The summed E-state index contributed by atoms with van der Waals surface area (Å²) in [4.78, 5) is 11.6. The van der Waals surface area contributed by atoms with E-state index >= 15 is 0 Å². The van der Waals surface area contributed by atoms with E-state index < -0.39 is 11.5 Å². The quantitative estimate of drug-likeness (QED) is 0.803. The number of hydrogen-bond acceptors (Lipinski definition) is 3. The van der Waals surface area contributed by atoms with Gasteiger partial charge in [0.25, 0.3) is 0 Å². The van der Waals surface area contributed by atoms with Gasteiger partial charge in [0.15, 0.2) is 0 Å². The molecule has 0 amide bonds. The van der Waals surface area contributed by atoms with Gasteiger partial charge in [0, 0.05) is 12.2 Å². The molecule has 1 aromatic rings. The Morgan fingerprint density at radius 2 is 2.33 bits per heavy atom. The summed E-state index contributed by atoms with van der Waals surface area (Å²) < 4.78 is 3.01. The van der Waals surface area contributed by atoms with Crippen LogP contribution in [0.25, 0.3) is 0 Å². The Bertz CT molecular complexity index is 472. The molecule has 2 N–H and O–H groups in total. The molecule has 0 spiro atoms. The largest absolute Gasteiger partial charge is 0.480 e. The van der Waals surface area contributed by atoms with E-state index in [-0.39, 0.29) is 6.04 Å². The number of nitrogens with zero attached hydrogens (tertiary/aromatic N) is 2. The first-order valence-corrected chi connectivity index (χ1v) is 7.38. The van der Waals surface area contributed by atoms with Gasteiger partial charge in [-0.25, -0.2) is 0 Å². The second kappa shape index (κ2) is 4.48. The maximum atomic E-state index is 11.6. The fourth-order valence-electron chi connectivity index (χ4n) is 2.77. The lowest BCUT2D eigenvalue weighted by molar-refractivity contribution is -0.144. The summed E-state index contributed by atoms with van der Waals surface area (Å²) in [5.74, 6) is -0.709. The van der Waals surface area contributed by atoms with E-state index in [9.17, 15) is 9.90 Å². The fraction of sp³-hybridized carbons (Fsp3) is 0.667. The molecule has 3 rings (SSSR count). The van der Waals surface area contributed by atoms with Crippen molar-refractivity contribution in [1.82, 2.24) is 15.1 Å². The standard InChI is InChI=1S/C12H16IN3O2/c13-8-6-14-16(7-8)10-3-4-12(5-10,11(17)18)15-9-1-2-9/h6-7,9-10,15H,1-5H2,(H,17,18). The average molecular weight is 361 g/mol. The molecule has 1 heterocycles. The van der Waals surface area contributed by atoms with E-state index in [2.05, 4.69) is 33.0 Å². The Morgan fingerprint density at radius 3 is 2.89 bits per heavy atom. The van der Waals surface area contributed by atoms with Gasteiger partial charge in [-0.3, -0.25) is 14.8 Å². The number of carboxylic acids is 1. The van der Waals surface area contributed by atoms with Crippen molar-refractivity contribution in [3.8, 4) is 0 Å². The molecule has 2 saturated carbocycles. The number of hydrogen-bond donors (Lipinski definition) is 2. The molecule has 2 aliphatic rings. The van der Waals surface area contributed by atoms with E-state index in [0.717, 1.165) is 22.8 Å². The SMILES string of the molecule is O=C(O)C1(NC2CC2)CCC(n2cc(I)cn2)C1. The molecule has 2 unspecified atom stereocenters. The molecule has 98 valence electrons. The number of nitrogens with one attached hydrogen (secondary N) is 1. The van der Waals surface area contributed by atoms with Gasteiger partial charge in [-0.15, -0.1) is 0 Å². The van der Waals surface area contributed by atoms with Crippen molar-refractivity contribution < 1.29 is 9.90 Å². The summed E-state index contributed by atoms with van der Waals surface area (Å²) in [6.07, 6.45) is 8.23. The third-order valence-electron chi connectivity index (χ3n) is 3.90. The number of halogens is 1. The minimum Gasteiger partial charge on any atom is -0.480 e. The molecule has 5 nitrogen and oxygen atoms in total. The van der Waals surface area contributed by atoms with Gasteiger partial charge in [-0.05, 0) is 54.7 Å². The smallest absolute Gasteiger partial charge is 0.323 e. The number of aromatic nitrogens is 2. The van der Waals surface area contributed by atoms with E-state index in [0.29, 0.717) is 18.9 Å². The number of carbonyl (C=O) groups is 1. The summed E-state index contributed by atoms with van der Waals surface area (Å²) >= 11 is 2.22. The monoisotopic (exact) mass is 361 g/mol. The first-order valence-electron chi connectivity index (χ1n) is 6.30. The van der Waals surface area contributed by atoms with Crippen molar-refractivity contribution in [3.05, 3.63) is 16.0 Å². The Labute approximate surface area is 119 Å². The Balaban J connectivity index is 1.76. The topological polar surface area (TPSA) is 67.2 Å². The summed E-state index contributed by atoms with van der Waals surface area (Å²) in [6, 6.07) is 0.619. The maximum absolute atomic E-state index is 11.6. The van der Waals surface area contributed by atoms with Crippen LogP contribution in [0.5, 0.6) is 0 Å². The fourth-order valence-corrected chi connectivity index (χ4v) is 3.18. The second-order valence-electron chi connectivity index (χ2n) is 5.34. The molecule has 6 heteroatoms. The summed E-state index contributed by atoms with van der Waals surface area (Å²) in [5.41, 5.74) is -0.733. The van der Waals surface area contributed by atoms with Gasteiger partial charge in [-0.1, -0.05) is 0 Å². The zero-order chi connectivity index (χ0) is 12.8. The van der Waals surface area contributed by atoms with Crippen LogP contribution in [0.2, 0.25) is 0 Å². The summed E-state index contributed by atoms with van der Waals surface area (Å²) in [5, 5.41) is 17.2. The van der Waals surface area contributed by atoms with Crippen molar-refractivity contribution in [2.24, 2.45) is 0 Å². The predicted octanol–water partition coefficient (Wildman–Crippen LogP) is 1.79. The van der Waals surface area contributed by atoms with E-state index in [1.165, 1.54) is 0 Å². The predicted molar refractivity (Wildman–Crippen MR) is 74.4 cm³/mol. The molecule has 18 heavy (non-hydrogen) atoms. The van der Waals surface area contributed by atoms with Crippen molar-refractivity contribution in [1.29, 1.82) is 0 Å². The molecule has 0 radical (unpaired) electrons. The molecular weight excluding hydrogens is 345 g/mol. The Kier molecular flexibility index (Phi) is 3.09. The Hall–Kier alpha value is -0.630. The van der Waals surface area contributed by atoms with Crippen LogP contribution in [0, 0.1) is 3.57 Å². The average Bonchev–Trinajstić information content (AvgIpc) is 2.85. The van der Waals surface area contributed by atoms with Crippen LogP contribution in [-0.2, 0) is 4.79 Å². The first kappa shape index (κ1) is 12.4. The molecule has 0 bridgehead atoms. The van der Waals surface area contributed by atoms with Gasteiger partial charge in [0.1, 0.15) is 5.54 Å². The third-order valence-corrected chi connectivity index (χ3v) is 4.46. The minimum atomic E-state index is -0.733. The summed E-state index contributed by atoms with van der Waals surface area (Å²) in [7, 11) is 0. The lowest BCUT2D eigenvalue weighted by Gasteiger charge is -2.26. The van der Waals surface area contributed by atoms with E-state index in [1.807, 2.05) is 17.1 Å². The van der Waals surface area contributed by atoms with Crippen LogP contribution in [0.4, 0.5) is 0 Å². The lowest BCUT2D eigenvalue weighted by Crippen LogP contribution is -2.51. The van der Waals surface area contributed by atoms with Gasteiger partial charge in [-0.2, -0.15) is 5.10 Å². The zero-order valence-corrected chi connectivity index (χ0v) is 12.1. The molecule has 0 saturated heterocycles. The van der Waals surface area contributed by atoms with Crippen LogP contribution in [0.15, 0.2) is 12.4 Å². The highest BCUT2D eigenvalue weighted by molar-refractivity contribution is 14.1. The molecule has 2 aliphatic carbocycles. The molecule has 2 fully saturated rings. The highest BCUT2D eigenvalue weighted by Crippen LogP contribution is 2.40. The van der Waals surface area contributed by atoms with Crippen molar-refractivity contribution in [2.45, 2.75) is 49.7 Å². The van der Waals surface area contributed by atoms with Crippen LogP contribution < -0.4 is 5.32 Å². The molecule has 1 aromatic heterocycles. The normalized spacial score (nSPS) is 31.7. The maximum Gasteiger partial charge on any atom is 0.323 e. The molecule has 2 atom stereocenters. The van der Waals surface area contributed by atoms with E-state index in [1.54, 1.807) is 0 Å². The molecule has 0 aliphatic heterocycles. The van der Waals surface area contributed by atoms with Crippen LogP contribution in [0.1, 0.15) is 38.1 Å². The Morgan fingerprint density at radius 1 is 1.56 bits per heavy atom. The first-order chi connectivity index (χ1) is 8.59. The van der Waals surface area contributed by atoms with Crippen molar-refractivity contribution >= 4 is 28.6 Å². The van der Waals surface area contributed by atoms with Gasteiger partial charge < -0.3 is 5.11 Å². The van der Waals surface area contributed by atoms with Gasteiger partial charge in [0.2, 0.25) is 0 Å². The number of carboxylic acid groups (broad SMARTS) is 1. The third kappa shape index (κ3) is 2.27. The van der Waals surface area contributed by atoms with E-state index in [4.69, 9.17) is 0 Å².